The maximum atomic E-state index is 12.1. The van der Waals surface area contributed by atoms with Crippen molar-refractivity contribution in [2.24, 2.45) is 0 Å². The molecule has 2 rings (SSSR count). The van der Waals surface area contributed by atoms with Gasteiger partial charge in [0.05, 0.1) is 24.7 Å². The van der Waals surface area contributed by atoms with Crippen molar-refractivity contribution in [1.29, 1.82) is 0 Å². The van der Waals surface area contributed by atoms with E-state index in [1.807, 2.05) is 13.8 Å². The summed E-state index contributed by atoms with van der Waals surface area (Å²) in [6, 6.07) is 8.45. The fourth-order valence-corrected chi connectivity index (χ4v) is 6.06. The third kappa shape index (κ3) is 4.87. The van der Waals surface area contributed by atoms with Crippen LogP contribution >= 0.6 is 17.1 Å². The largest absolute Gasteiger partial charge is 0.429 e. The summed E-state index contributed by atoms with van der Waals surface area (Å²) >= 11 is 6.55. The third-order valence-corrected chi connectivity index (χ3v) is 8.12. The average molecular weight is 388 g/mol. The van der Waals surface area contributed by atoms with Crippen LogP contribution in [0.25, 0.3) is 5.69 Å². The SMILES string of the molecule is CCOP(=S)(OCC)SCc1nc(=O)n(-c2ccccc2)c(=O)o1. The smallest absolute Gasteiger partial charge is 0.393 e. The maximum absolute atomic E-state index is 12.1. The Hall–Kier alpha value is -1.25. The molecule has 0 saturated carbocycles. The zero-order chi connectivity index (χ0) is 17.6. The normalized spacial score (nSPS) is 11.6. The van der Waals surface area contributed by atoms with Crippen molar-refractivity contribution in [2.75, 3.05) is 13.2 Å². The molecule has 0 unspecified atom stereocenters. The van der Waals surface area contributed by atoms with E-state index in [2.05, 4.69) is 4.98 Å². The Bertz CT molecular complexity index is 796. The molecule has 0 amide bonds. The number of para-hydroxylation sites is 1. The van der Waals surface area contributed by atoms with Crippen LogP contribution in [0.2, 0.25) is 0 Å². The molecule has 0 bridgehead atoms. The van der Waals surface area contributed by atoms with Crippen LogP contribution in [0.3, 0.4) is 0 Å². The minimum Gasteiger partial charge on any atom is -0.393 e. The molecule has 1 aromatic carbocycles. The first-order valence-corrected chi connectivity index (χ1v) is 11.4. The number of aromatic nitrogens is 2. The van der Waals surface area contributed by atoms with E-state index < -0.39 is 17.1 Å². The standard InChI is InChI=1S/C14H17N2O5PS2/c1-3-19-22(23,20-4-2)24-10-12-15-13(17)16(14(18)21-12)11-8-6-5-7-9-11/h5-9H,3-4,10H2,1-2H3. The molecular formula is C14H17N2O5PS2. The lowest BCUT2D eigenvalue weighted by Gasteiger charge is -2.19. The van der Waals surface area contributed by atoms with Crippen molar-refractivity contribution in [3.8, 4) is 5.69 Å². The predicted molar refractivity (Wildman–Crippen MR) is 97.2 cm³/mol. The maximum Gasteiger partial charge on any atom is 0.429 e. The van der Waals surface area contributed by atoms with Crippen molar-refractivity contribution >= 4 is 28.9 Å². The highest BCUT2D eigenvalue weighted by Gasteiger charge is 2.21. The third-order valence-electron chi connectivity index (χ3n) is 2.73. The summed E-state index contributed by atoms with van der Waals surface area (Å²) < 4.78 is 17.0. The molecule has 0 aliphatic heterocycles. The number of nitrogens with zero attached hydrogens (tertiary/aromatic N) is 2. The van der Waals surface area contributed by atoms with E-state index in [0.717, 1.165) is 4.57 Å². The zero-order valence-electron chi connectivity index (χ0n) is 13.2. The van der Waals surface area contributed by atoms with Crippen LogP contribution < -0.4 is 11.4 Å². The molecule has 2 aromatic rings. The second-order valence-electron chi connectivity index (χ2n) is 4.38. The van der Waals surface area contributed by atoms with Gasteiger partial charge in [-0.25, -0.2) is 9.59 Å². The molecule has 0 saturated heterocycles. The predicted octanol–water partition coefficient (Wildman–Crippen LogP) is 2.72. The summed E-state index contributed by atoms with van der Waals surface area (Å²) in [6.45, 7) is 4.47. The van der Waals surface area contributed by atoms with Gasteiger partial charge in [0, 0.05) is 0 Å². The van der Waals surface area contributed by atoms with E-state index in [-0.39, 0.29) is 11.6 Å². The van der Waals surface area contributed by atoms with E-state index in [0.29, 0.717) is 18.9 Å². The summed E-state index contributed by atoms with van der Waals surface area (Å²) in [5, 5.41) is 0. The van der Waals surface area contributed by atoms with Crippen LogP contribution in [0.5, 0.6) is 0 Å². The van der Waals surface area contributed by atoms with Crippen molar-refractivity contribution in [1.82, 2.24) is 9.55 Å². The fraction of sp³-hybridized carbons (Fsp3) is 0.357. The van der Waals surface area contributed by atoms with Gasteiger partial charge in [0.1, 0.15) is 0 Å². The van der Waals surface area contributed by atoms with Crippen LogP contribution in [0.15, 0.2) is 44.3 Å². The highest BCUT2D eigenvalue weighted by molar-refractivity contribution is 8.67. The van der Waals surface area contributed by atoms with Gasteiger partial charge in [-0.1, -0.05) is 29.6 Å². The number of hydrogen-bond acceptors (Lipinski definition) is 8. The molecule has 0 spiro atoms. The van der Waals surface area contributed by atoms with Gasteiger partial charge in [-0.2, -0.15) is 9.55 Å². The Morgan fingerprint density at radius 1 is 1.21 bits per heavy atom. The Kier molecular flexibility index (Phi) is 6.94. The highest BCUT2D eigenvalue weighted by Crippen LogP contribution is 2.61. The van der Waals surface area contributed by atoms with E-state index >= 15 is 0 Å². The lowest BCUT2D eigenvalue weighted by Crippen LogP contribution is -2.33. The van der Waals surface area contributed by atoms with Gasteiger partial charge in [-0.15, -0.1) is 0 Å². The van der Waals surface area contributed by atoms with Gasteiger partial charge in [0.15, 0.2) is 0 Å². The Balaban J connectivity index is 2.24. The van der Waals surface area contributed by atoms with Gasteiger partial charge in [-0.05, 0) is 37.8 Å². The van der Waals surface area contributed by atoms with Gasteiger partial charge < -0.3 is 13.5 Å². The zero-order valence-corrected chi connectivity index (χ0v) is 15.7. The molecule has 24 heavy (non-hydrogen) atoms. The van der Waals surface area contributed by atoms with E-state index in [4.69, 9.17) is 25.3 Å². The molecule has 130 valence electrons. The van der Waals surface area contributed by atoms with Crippen LogP contribution in [0, 0.1) is 0 Å². The van der Waals surface area contributed by atoms with Gasteiger partial charge in [0.25, 0.3) is 0 Å². The first-order valence-electron chi connectivity index (χ1n) is 7.21. The Morgan fingerprint density at radius 2 is 1.83 bits per heavy atom. The molecule has 0 aliphatic rings. The van der Waals surface area contributed by atoms with Crippen molar-refractivity contribution in [3.05, 3.63) is 57.3 Å². The average Bonchev–Trinajstić information content (AvgIpc) is 2.54. The van der Waals surface area contributed by atoms with Gasteiger partial charge in [-0.3, -0.25) is 0 Å². The molecule has 10 heteroatoms. The molecule has 0 atom stereocenters. The van der Waals surface area contributed by atoms with E-state index in [1.165, 1.54) is 11.4 Å². The molecule has 0 N–H and O–H groups in total. The minimum atomic E-state index is -2.55. The van der Waals surface area contributed by atoms with Crippen LogP contribution in [-0.2, 0) is 26.6 Å². The van der Waals surface area contributed by atoms with Crippen molar-refractivity contribution < 1.29 is 13.5 Å². The summed E-state index contributed by atoms with van der Waals surface area (Å²) in [6.07, 6.45) is 0. The van der Waals surface area contributed by atoms with Crippen LogP contribution in [0.4, 0.5) is 0 Å². The topological polar surface area (TPSA) is 83.6 Å². The first-order chi connectivity index (χ1) is 11.5. The quantitative estimate of drug-likeness (QED) is 0.639. The van der Waals surface area contributed by atoms with Gasteiger partial charge in [0.2, 0.25) is 11.6 Å². The van der Waals surface area contributed by atoms with Crippen molar-refractivity contribution in [3.63, 3.8) is 0 Å². The second-order valence-corrected chi connectivity index (χ2v) is 10.7. The monoisotopic (exact) mass is 388 g/mol. The van der Waals surface area contributed by atoms with E-state index in [9.17, 15) is 9.59 Å². The number of benzene rings is 1. The molecule has 0 radical (unpaired) electrons. The molecule has 0 aliphatic carbocycles. The second kappa shape index (κ2) is 8.73. The fourth-order valence-electron chi connectivity index (χ4n) is 1.82. The lowest BCUT2D eigenvalue weighted by molar-refractivity contribution is 0.280. The van der Waals surface area contributed by atoms with E-state index in [1.54, 1.807) is 30.3 Å². The first kappa shape index (κ1) is 19.1. The molecule has 1 aromatic heterocycles. The summed E-state index contributed by atoms with van der Waals surface area (Å²) in [4.78, 5) is 28.1. The molecular weight excluding hydrogens is 371 g/mol. The molecule has 7 nitrogen and oxygen atoms in total. The molecule has 1 heterocycles. The number of rotatable bonds is 8. The minimum absolute atomic E-state index is 0.00388. The molecule has 0 fully saturated rings. The van der Waals surface area contributed by atoms with Gasteiger partial charge >= 0.3 is 11.4 Å². The van der Waals surface area contributed by atoms with Crippen LogP contribution in [0.1, 0.15) is 19.7 Å². The summed E-state index contributed by atoms with van der Waals surface area (Å²) in [5.41, 5.74) is -2.85. The summed E-state index contributed by atoms with van der Waals surface area (Å²) in [7, 11) is 0. The number of hydrogen-bond donors (Lipinski definition) is 0. The Labute approximate surface area is 147 Å². The lowest BCUT2D eigenvalue weighted by atomic mass is 10.3. The van der Waals surface area contributed by atoms with Crippen LogP contribution in [-0.4, -0.2) is 22.8 Å². The highest BCUT2D eigenvalue weighted by atomic mass is 32.9. The Morgan fingerprint density at radius 3 is 2.38 bits per heavy atom. The summed E-state index contributed by atoms with van der Waals surface area (Å²) in [5.74, 6) is -0.675. The van der Waals surface area contributed by atoms with Crippen molar-refractivity contribution in [2.45, 2.75) is 19.6 Å².